The van der Waals surface area contributed by atoms with Crippen molar-refractivity contribution < 1.29 is 9.47 Å². The van der Waals surface area contributed by atoms with Crippen LogP contribution in [0.2, 0.25) is 0 Å². The van der Waals surface area contributed by atoms with Gasteiger partial charge in [-0.25, -0.2) is 0 Å². The Labute approximate surface area is 113 Å². The van der Waals surface area contributed by atoms with E-state index in [2.05, 4.69) is 11.8 Å². The van der Waals surface area contributed by atoms with E-state index in [4.69, 9.17) is 21.1 Å². The van der Waals surface area contributed by atoms with Gasteiger partial charge < -0.3 is 9.47 Å². The Kier molecular flexibility index (Phi) is 4.92. The Morgan fingerprint density at radius 1 is 1.50 bits per heavy atom. The van der Waals surface area contributed by atoms with Crippen LogP contribution in [0.5, 0.6) is 5.75 Å². The first kappa shape index (κ1) is 13.3. The molecule has 0 N–H and O–H groups in total. The van der Waals surface area contributed by atoms with Crippen LogP contribution in [0, 0.1) is 18.8 Å². The zero-order chi connectivity index (χ0) is 12.8. The van der Waals surface area contributed by atoms with Crippen LogP contribution in [0.25, 0.3) is 0 Å². The molecule has 1 fully saturated rings. The fraction of sp³-hybridized carbons (Fsp3) is 0.467. The minimum Gasteiger partial charge on any atom is -0.488 e. The number of alkyl halides is 1. The molecule has 18 heavy (non-hydrogen) atoms. The lowest BCUT2D eigenvalue weighted by atomic mass is 10.1. The molecular formula is C15H17ClO2. The molecule has 1 aromatic carbocycles. The highest BCUT2D eigenvalue weighted by atomic mass is 35.5. The van der Waals surface area contributed by atoms with Gasteiger partial charge in [-0.2, -0.15) is 0 Å². The summed E-state index contributed by atoms with van der Waals surface area (Å²) in [6.07, 6.45) is 2.31. The highest BCUT2D eigenvalue weighted by molar-refractivity contribution is 6.19. The smallest absolute Gasteiger partial charge is 0.122 e. The van der Waals surface area contributed by atoms with Crippen LogP contribution in [0.4, 0.5) is 0 Å². The molecule has 0 spiro atoms. The van der Waals surface area contributed by atoms with E-state index in [9.17, 15) is 0 Å². The molecule has 0 saturated carbocycles. The molecule has 2 rings (SSSR count). The van der Waals surface area contributed by atoms with E-state index in [0.29, 0.717) is 12.5 Å². The van der Waals surface area contributed by atoms with Crippen molar-refractivity contribution in [1.29, 1.82) is 0 Å². The number of hydrogen-bond acceptors (Lipinski definition) is 2. The van der Waals surface area contributed by atoms with Crippen LogP contribution in [0.1, 0.15) is 24.0 Å². The topological polar surface area (TPSA) is 18.5 Å². The Hall–Kier alpha value is -1.17. The highest BCUT2D eigenvalue weighted by Gasteiger charge is 2.15. The molecule has 1 saturated heterocycles. The second-order valence-corrected chi connectivity index (χ2v) is 4.64. The number of benzene rings is 1. The highest BCUT2D eigenvalue weighted by Crippen LogP contribution is 2.20. The van der Waals surface area contributed by atoms with Crippen molar-refractivity contribution in [2.45, 2.75) is 25.9 Å². The maximum atomic E-state index is 5.90. The Morgan fingerprint density at radius 2 is 2.39 bits per heavy atom. The minimum absolute atomic E-state index is 0.179. The average molecular weight is 265 g/mol. The maximum Gasteiger partial charge on any atom is 0.122 e. The quantitative estimate of drug-likeness (QED) is 0.604. The van der Waals surface area contributed by atoms with Crippen molar-refractivity contribution in [2.75, 3.05) is 19.1 Å². The molecular weight excluding hydrogens is 248 g/mol. The number of rotatable bonds is 2. The van der Waals surface area contributed by atoms with Crippen molar-refractivity contribution in [3.05, 3.63) is 29.3 Å². The second-order valence-electron chi connectivity index (χ2n) is 4.37. The van der Waals surface area contributed by atoms with Crippen LogP contribution < -0.4 is 4.74 Å². The van der Waals surface area contributed by atoms with Crippen molar-refractivity contribution in [2.24, 2.45) is 0 Å². The molecule has 3 heteroatoms. The van der Waals surface area contributed by atoms with E-state index in [1.807, 2.05) is 25.1 Å². The molecule has 96 valence electrons. The number of hydrogen-bond donors (Lipinski definition) is 0. The number of ether oxygens (including phenoxy) is 2. The van der Waals surface area contributed by atoms with E-state index in [1.54, 1.807) is 0 Å². The maximum absolute atomic E-state index is 5.90. The summed E-state index contributed by atoms with van der Waals surface area (Å²) in [7, 11) is 0. The van der Waals surface area contributed by atoms with E-state index in [1.165, 1.54) is 0 Å². The van der Waals surface area contributed by atoms with E-state index >= 15 is 0 Å². The molecule has 1 aliphatic rings. The SMILES string of the molecule is Cc1cc(OC2CCCOC2)ccc1C#CCCl. The van der Waals surface area contributed by atoms with Gasteiger partial charge in [0.15, 0.2) is 0 Å². The first-order valence-corrected chi connectivity index (χ1v) is 6.73. The third-order valence-corrected chi connectivity index (χ3v) is 3.04. The molecule has 2 nitrogen and oxygen atoms in total. The summed E-state index contributed by atoms with van der Waals surface area (Å²) < 4.78 is 11.3. The molecule has 0 radical (unpaired) electrons. The van der Waals surface area contributed by atoms with Crippen molar-refractivity contribution >= 4 is 11.6 Å². The van der Waals surface area contributed by atoms with E-state index in [-0.39, 0.29) is 6.10 Å². The molecule has 1 aliphatic heterocycles. The Bertz CT molecular complexity index is 453. The van der Waals surface area contributed by atoms with Crippen LogP contribution in [0.3, 0.4) is 0 Å². The molecule has 1 aromatic rings. The standard InChI is InChI=1S/C15H17ClO2/c1-12-10-14(7-6-13(12)4-2-8-16)18-15-5-3-9-17-11-15/h6-7,10,15H,3,5,8-9,11H2,1H3. The predicted octanol–water partition coefficient (Wildman–Crippen LogP) is 3.14. The zero-order valence-corrected chi connectivity index (χ0v) is 11.3. The predicted molar refractivity (Wildman–Crippen MR) is 73.2 cm³/mol. The zero-order valence-electron chi connectivity index (χ0n) is 10.5. The van der Waals surface area contributed by atoms with Crippen LogP contribution >= 0.6 is 11.6 Å². The van der Waals surface area contributed by atoms with Gasteiger partial charge in [0.25, 0.3) is 0 Å². The molecule has 0 bridgehead atoms. The van der Waals surface area contributed by atoms with E-state index < -0.39 is 0 Å². The normalized spacial score (nSPS) is 18.9. The van der Waals surface area contributed by atoms with Gasteiger partial charge in [0.1, 0.15) is 11.9 Å². The van der Waals surface area contributed by atoms with E-state index in [0.717, 1.165) is 36.3 Å². The lowest BCUT2D eigenvalue weighted by Crippen LogP contribution is -2.28. The van der Waals surface area contributed by atoms with Gasteiger partial charge in [0.2, 0.25) is 0 Å². The van der Waals surface area contributed by atoms with Crippen molar-refractivity contribution in [1.82, 2.24) is 0 Å². The van der Waals surface area contributed by atoms with Crippen LogP contribution in [-0.2, 0) is 4.74 Å². The van der Waals surface area contributed by atoms with Gasteiger partial charge in [0.05, 0.1) is 12.5 Å². The third-order valence-electron chi connectivity index (χ3n) is 2.91. The lowest BCUT2D eigenvalue weighted by molar-refractivity contribution is 0.00741. The first-order chi connectivity index (χ1) is 8.79. The van der Waals surface area contributed by atoms with Gasteiger partial charge in [-0.1, -0.05) is 11.8 Å². The second kappa shape index (κ2) is 6.68. The molecule has 0 aromatic heterocycles. The fourth-order valence-corrected chi connectivity index (χ4v) is 2.04. The summed E-state index contributed by atoms with van der Waals surface area (Å²) in [5, 5.41) is 0. The molecule has 0 aliphatic carbocycles. The Morgan fingerprint density at radius 3 is 3.06 bits per heavy atom. The van der Waals surface area contributed by atoms with Gasteiger partial charge in [0, 0.05) is 12.2 Å². The average Bonchev–Trinajstić information content (AvgIpc) is 2.39. The minimum atomic E-state index is 0.179. The van der Waals surface area contributed by atoms with Gasteiger partial charge in [-0.3, -0.25) is 0 Å². The summed E-state index contributed by atoms with van der Waals surface area (Å²) in [5.41, 5.74) is 2.12. The van der Waals surface area contributed by atoms with Crippen molar-refractivity contribution in [3.63, 3.8) is 0 Å². The molecule has 0 amide bonds. The van der Waals surface area contributed by atoms with Crippen LogP contribution in [0.15, 0.2) is 18.2 Å². The first-order valence-electron chi connectivity index (χ1n) is 6.19. The lowest BCUT2D eigenvalue weighted by Gasteiger charge is -2.23. The largest absolute Gasteiger partial charge is 0.488 e. The van der Waals surface area contributed by atoms with Crippen molar-refractivity contribution in [3.8, 4) is 17.6 Å². The van der Waals surface area contributed by atoms with Gasteiger partial charge in [-0.05, 0) is 43.5 Å². The third kappa shape index (κ3) is 3.66. The summed E-state index contributed by atoms with van der Waals surface area (Å²) in [6, 6.07) is 5.96. The Balaban J connectivity index is 2.03. The molecule has 1 atom stereocenters. The van der Waals surface area contributed by atoms with Gasteiger partial charge in [-0.15, -0.1) is 11.6 Å². The summed E-state index contributed by atoms with van der Waals surface area (Å²) >= 11 is 5.55. The molecule has 1 heterocycles. The number of aryl methyl sites for hydroxylation is 1. The summed E-state index contributed by atoms with van der Waals surface area (Å²) in [6.45, 7) is 3.57. The van der Waals surface area contributed by atoms with Gasteiger partial charge >= 0.3 is 0 Å². The van der Waals surface area contributed by atoms with Crippen LogP contribution in [-0.4, -0.2) is 25.2 Å². The molecule has 1 unspecified atom stereocenters. The summed E-state index contributed by atoms with van der Waals surface area (Å²) in [4.78, 5) is 0. The fourth-order valence-electron chi connectivity index (χ4n) is 1.97. The monoisotopic (exact) mass is 264 g/mol. The summed E-state index contributed by atoms with van der Waals surface area (Å²) in [5.74, 6) is 7.14. The number of halogens is 1.